The summed E-state index contributed by atoms with van der Waals surface area (Å²) in [6, 6.07) is 14.0. The van der Waals surface area contributed by atoms with Gasteiger partial charge in [0.15, 0.2) is 4.80 Å². The Morgan fingerprint density at radius 1 is 1.21 bits per heavy atom. The van der Waals surface area contributed by atoms with E-state index >= 15 is 0 Å². The van der Waals surface area contributed by atoms with Crippen molar-refractivity contribution in [3.05, 3.63) is 59.1 Å². The average molecular weight is 419 g/mol. The van der Waals surface area contributed by atoms with Gasteiger partial charge in [0.2, 0.25) is 0 Å². The number of fused-ring (bicyclic) bond motifs is 1. The summed E-state index contributed by atoms with van der Waals surface area (Å²) in [4.78, 5) is 29.7. The summed E-state index contributed by atoms with van der Waals surface area (Å²) in [5.74, 6) is -0.771. The standard InChI is InChI=1S/C20H19FN2O3S2/c1-2-26-19(25)10-11-23-16-9-8-14(21)12-17(16)28-20(23)22-18(24)13-27-15-6-4-3-5-7-15/h3-9,12H,2,10-11,13H2,1H3. The molecule has 0 atom stereocenters. The highest BCUT2D eigenvalue weighted by molar-refractivity contribution is 8.00. The van der Waals surface area contributed by atoms with Crippen molar-refractivity contribution >= 4 is 45.2 Å². The van der Waals surface area contributed by atoms with Gasteiger partial charge in [0.05, 0.1) is 29.0 Å². The molecule has 28 heavy (non-hydrogen) atoms. The van der Waals surface area contributed by atoms with Gasteiger partial charge in [0.25, 0.3) is 5.91 Å². The van der Waals surface area contributed by atoms with E-state index in [4.69, 9.17) is 4.74 Å². The lowest BCUT2D eigenvalue weighted by molar-refractivity contribution is -0.143. The maximum Gasteiger partial charge on any atom is 0.307 e. The Bertz CT molecular complexity index is 1040. The molecule has 0 radical (unpaired) electrons. The summed E-state index contributed by atoms with van der Waals surface area (Å²) in [5, 5.41) is 0. The number of aromatic nitrogens is 1. The Morgan fingerprint density at radius 3 is 2.75 bits per heavy atom. The fourth-order valence-electron chi connectivity index (χ4n) is 2.59. The molecule has 5 nitrogen and oxygen atoms in total. The van der Waals surface area contributed by atoms with E-state index in [1.165, 1.54) is 35.2 Å². The number of carbonyl (C=O) groups is 2. The summed E-state index contributed by atoms with van der Waals surface area (Å²) < 4.78 is 21.0. The van der Waals surface area contributed by atoms with Crippen molar-refractivity contribution in [2.24, 2.45) is 4.99 Å². The molecule has 8 heteroatoms. The molecule has 3 aromatic rings. The number of thioether (sulfide) groups is 1. The Balaban J connectivity index is 1.85. The van der Waals surface area contributed by atoms with Crippen LogP contribution in [0.25, 0.3) is 10.2 Å². The van der Waals surface area contributed by atoms with E-state index in [-0.39, 0.29) is 29.9 Å². The molecule has 0 fully saturated rings. The molecule has 0 aliphatic carbocycles. The van der Waals surface area contributed by atoms with Crippen molar-refractivity contribution < 1.29 is 18.7 Å². The third-order valence-electron chi connectivity index (χ3n) is 3.82. The number of thiazole rings is 1. The molecule has 1 aromatic heterocycles. The number of hydrogen-bond donors (Lipinski definition) is 0. The minimum absolute atomic E-state index is 0.150. The van der Waals surface area contributed by atoms with Crippen LogP contribution in [0.5, 0.6) is 0 Å². The molecule has 0 aliphatic heterocycles. The number of hydrogen-bond acceptors (Lipinski definition) is 5. The SMILES string of the molecule is CCOC(=O)CCn1c(=NC(=O)CSc2ccccc2)sc2cc(F)ccc21. The van der Waals surface area contributed by atoms with Gasteiger partial charge in [-0.3, -0.25) is 9.59 Å². The molecule has 0 spiro atoms. The molecule has 0 N–H and O–H groups in total. The highest BCUT2D eigenvalue weighted by Crippen LogP contribution is 2.20. The zero-order chi connectivity index (χ0) is 19.9. The number of amides is 1. The fourth-order valence-corrected chi connectivity index (χ4v) is 4.39. The van der Waals surface area contributed by atoms with Crippen molar-refractivity contribution in [1.29, 1.82) is 0 Å². The summed E-state index contributed by atoms with van der Waals surface area (Å²) in [6.07, 6.45) is 0.150. The molecular weight excluding hydrogens is 399 g/mol. The predicted octanol–water partition coefficient (Wildman–Crippen LogP) is 4.01. The molecule has 0 saturated carbocycles. The van der Waals surface area contributed by atoms with Crippen molar-refractivity contribution in [2.75, 3.05) is 12.4 Å². The van der Waals surface area contributed by atoms with Crippen LogP contribution in [0.2, 0.25) is 0 Å². The molecule has 1 heterocycles. The highest BCUT2D eigenvalue weighted by Gasteiger charge is 2.11. The minimum Gasteiger partial charge on any atom is -0.466 e. The Labute approximate surface area is 169 Å². The summed E-state index contributed by atoms with van der Waals surface area (Å²) >= 11 is 2.63. The van der Waals surface area contributed by atoms with Crippen LogP contribution in [0.3, 0.4) is 0 Å². The number of aryl methyl sites for hydroxylation is 1. The summed E-state index contributed by atoms with van der Waals surface area (Å²) in [6.45, 7) is 2.37. The van der Waals surface area contributed by atoms with Gasteiger partial charge in [-0.15, -0.1) is 11.8 Å². The van der Waals surface area contributed by atoms with Gasteiger partial charge in [-0.25, -0.2) is 4.39 Å². The van der Waals surface area contributed by atoms with Gasteiger partial charge in [-0.05, 0) is 37.3 Å². The van der Waals surface area contributed by atoms with Crippen molar-refractivity contribution in [2.45, 2.75) is 24.8 Å². The lowest BCUT2D eigenvalue weighted by Crippen LogP contribution is -2.20. The van der Waals surface area contributed by atoms with Gasteiger partial charge >= 0.3 is 5.97 Å². The third kappa shape index (κ3) is 5.30. The van der Waals surface area contributed by atoms with Gasteiger partial charge < -0.3 is 9.30 Å². The van der Waals surface area contributed by atoms with Crippen LogP contribution in [0, 0.1) is 5.82 Å². The van der Waals surface area contributed by atoms with Crippen LogP contribution in [0.1, 0.15) is 13.3 Å². The summed E-state index contributed by atoms with van der Waals surface area (Å²) in [7, 11) is 0. The smallest absolute Gasteiger partial charge is 0.307 e. The number of esters is 1. The third-order valence-corrected chi connectivity index (χ3v) is 5.85. The summed E-state index contributed by atoms with van der Waals surface area (Å²) in [5.41, 5.74) is 0.734. The average Bonchev–Trinajstić information content (AvgIpc) is 3.01. The zero-order valence-corrected chi connectivity index (χ0v) is 16.9. The number of rotatable bonds is 7. The van der Waals surface area contributed by atoms with E-state index in [0.717, 1.165) is 10.4 Å². The van der Waals surface area contributed by atoms with E-state index < -0.39 is 0 Å². The quantitative estimate of drug-likeness (QED) is 0.430. The topological polar surface area (TPSA) is 60.7 Å². The van der Waals surface area contributed by atoms with Gasteiger partial charge in [0.1, 0.15) is 5.82 Å². The second-order valence-electron chi connectivity index (χ2n) is 5.81. The molecule has 146 valence electrons. The molecule has 0 aliphatic rings. The van der Waals surface area contributed by atoms with Crippen LogP contribution < -0.4 is 4.80 Å². The molecule has 1 amide bonds. The van der Waals surface area contributed by atoms with E-state index in [9.17, 15) is 14.0 Å². The lowest BCUT2D eigenvalue weighted by Gasteiger charge is -2.05. The predicted molar refractivity (Wildman–Crippen MR) is 109 cm³/mol. The van der Waals surface area contributed by atoms with Crippen molar-refractivity contribution in [3.8, 4) is 0 Å². The molecule has 0 bridgehead atoms. The molecular formula is C20H19FN2O3S2. The normalized spacial score (nSPS) is 11.7. The van der Waals surface area contributed by atoms with E-state index in [0.29, 0.717) is 22.7 Å². The number of halogens is 1. The number of carbonyl (C=O) groups excluding carboxylic acids is 2. The zero-order valence-electron chi connectivity index (χ0n) is 15.3. The highest BCUT2D eigenvalue weighted by atomic mass is 32.2. The monoisotopic (exact) mass is 418 g/mol. The van der Waals surface area contributed by atoms with Gasteiger partial charge in [-0.2, -0.15) is 4.99 Å². The van der Waals surface area contributed by atoms with Crippen LogP contribution in [-0.2, 0) is 20.9 Å². The van der Waals surface area contributed by atoms with Crippen molar-refractivity contribution in [3.63, 3.8) is 0 Å². The molecule has 0 unspecified atom stereocenters. The van der Waals surface area contributed by atoms with E-state index in [1.807, 2.05) is 30.3 Å². The molecule has 0 saturated heterocycles. The van der Waals surface area contributed by atoms with Crippen LogP contribution in [0.4, 0.5) is 4.39 Å². The first-order chi connectivity index (χ1) is 13.6. The Kier molecular flexibility index (Phi) is 7.00. The molecule has 2 aromatic carbocycles. The van der Waals surface area contributed by atoms with E-state index in [1.54, 1.807) is 17.6 Å². The number of benzene rings is 2. The largest absolute Gasteiger partial charge is 0.466 e. The maximum atomic E-state index is 13.6. The Morgan fingerprint density at radius 2 is 2.00 bits per heavy atom. The second-order valence-corrected chi connectivity index (χ2v) is 7.87. The van der Waals surface area contributed by atoms with Gasteiger partial charge in [-0.1, -0.05) is 29.5 Å². The first-order valence-electron chi connectivity index (χ1n) is 8.76. The fraction of sp³-hybridized carbons (Fsp3) is 0.250. The minimum atomic E-state index is -0.358. The number of ether oxygens (including phenoxy) is 1. The first kappa shape index (κ1) is 20.3. The van der Waals surface area contributed by atoms with Gasteiger partial charge in [0, 0.05) is 11.4 Å². The maximum absolute atomic E-state index is 13.6. The van der Waals surface area contributed by atoms with Crippen LogP contribution in [0.15, 0.2) is 58.4 Å². The lowest BCUT2D eigenvalue weighted by atomic mass is 10.3. The number of nitrogens with zero attached hydrogens (tertiary/aromatic N) is 2. The van der Waals surface area contributed by atoms with Crippen LogP contribution >= 0.6 is 23.1 Å². The van der Waals surface area contributed by atoms with Crippen molar-refractivity contribution in [1.82, 2.24) is 4.57 Å². The van der Waals surface area contributed by atoms with Crippen LogP contribution in [-0.4, -0.2) is 28.8 Å². The first-order valence-corrected chi connectivity index (χ1v) is 10.6. The Hall–Kier alpha value is -2.45. The molecule has 3 rings (SSSR count). The second kappa shape index (κ2) is 9.66. The van der Waals surface area contributed by atoms with E-state index in [2.05, 4.69) is 4.99 Å².